The van der Waals surface area contributed by atoms with Crippen molar-refractivity contribution in [3.05, 3.63) is 71.2 Å². The lowest BCUT2D eigenvalue weighted by molar-refractivity contribution is -0.131. The monoisotopic (exact) mass is 421 g/mol. The molecular weight excluding hydrogens is 393 g/mol. The number of fused-ring (bicyclic) bond motifs is 2. The van der Waals surface area contributed by atoms with Crippen molar-refractivity contribution < 1.29 is 9.18 Å². The van der Waals surface area contributed by atoms with Crippen molar-refractivity contribution in [2.24, 2.45) is 4.99 Å². The first-order chi connectivity index (χ1) is 15.1. The fourth-order valence-corrected chi connectivity index (χ4v) is 4.02. The number of hydrogen-bond acceptors (Lipinski definition) is 2. The molecular formula is C24H28FN5O. The molecule has 31 heavy (non-hydrogen) atoms. The number of hydrogen-bond donors (Lipinski definition) is 3. The Bertz CT molecular complexity index is 1070. The summed E-state index contributed by atoms with van der Waals surface area (Å²) < 4.78 is 13.3. The number of amides is 1. The van der Waals surface area contributed by atoms with Gasteiger partial charge in [0.1, 0.15) is 5.82 Å². The van der Waals surface area contributed by atoms with E-state index in [0.29, 0.717) is 38.6 Å². The molecule has 0 spiro atoms. The average Bonchev–Trinajstić information content (AvgIpc) is 3.39. The van der Waals surface area contributed by atoms with Gasteiger partial charge in [0.25, 0.3) is 0 Å². The molecule has 2 heterocycles. The summed E-state index contributed by atoms with van der Waals surface area (Å²) >= 11 is 0. The minimum atomic E-state index is -0.239. The highest BCUT2D eigenvalue weighted by Crippen LogP contribution is 2.23. The van der Waals surface area contributed by atoms with E-state index in [2.05, 4.69) is 32.7 Å². The van der Waals surface area contributed by atoms with Gasteiger partial charge in [0.2, 0.25) is 5.91 Å². The second-order valence-electron chi connectivity index (χ2n) is 7.80. The molecule has 1 aliphatic rings. The first-order valence-corrected chi connectivity index (χ1v) is 10.7. The van der Waals surface area contributed by atoms with E-state index >= 15 is 0 Å². The van der Waals surface area contributed by atoms with Crippen molar-refractivity contribution in [2.75, 3.05) is 20.1 Å². The highest BCUT2D eigenvalue weighted by molar-refractivity contribution is 5.83. The van der Waals surface area contributed by atoms with E-state index in [-0.39, 0.29) is 11.7 Å². The van der Waals surface area contributed by atoms with Crippen LogP contribution in [-0.2, 0) is 24.3 Å². The van der Waals surface area contributed by atoms with E-state index in [1.165, 1.54) is 23.3 Å². The summed E-state index contributed by atoms with van der Waals surface area (Å²) in [5.41, 5.74) is 4.44. The Kier molecular flexibility index (Phi) is 6.50. The van der Waals surface area contributed by atoms with Gasteiger partial charge in [-0.25, -0.2) is 4.39 Å². The molecule has 7 heteroatoms. The van der Waals surface area contributed by atoms with E-state index in [9.17, 15) is 9.18 Å². The maximum absolute atomic E-state index is 13.3. The van der Waals surface area contributed by atoms with Gasteiger partial charge in [-0.05, 0) is 47.7 Å². The molecule has 0 fully saturated rings. The highest BCUT2D eigenvalue weighted by Gasteiger charge is 2.22. The number of carbonyl (C=O) groups is 1. The first kappa shape index (κ1) is 20.9. The van der Waals surface area contributed by atoms with Crippen LogP contribution in [0.1, 0.15) is 29.5 Å². The van der Waals surface area contributed by atoms with Gasteiger partial charge < -0.3 is 20.5 Å². The third-order valence-electron chi connectivity index (χ3n) is 5.69. The molecule has 0 saturated heterocycles. The Labute approximate surface area is 181 Å². The average molecular weight is 422 g/mol. The Hall–Kier alpha value is -3.35. The maximum Gasteiger partial charge on any atom is 0.223 e. The number of guanidine groups is 1. The van der Waals surface area contributed by atoms with Crippen LogP contribution in [0.5, 0.6) is 0 Å². The predicted molar refractivity (Wildman–Crippen MR) is 121 cm³/mol. The van der Waals surface area contributed by atoms with Gasteiger partial charge in [0, 0.05) is 56.7 Å². The zero-order valence-electron chi connectivity index (χ0n) is 17.7. The van der Waals surface area contributed by atoms with Gasteiger partial charge in [0.05, 0.1) is 0 Å². The fourth-order valence-electron chi connectivity index (χ4n) is 4.02. The quantitative estimate of drug-likeness (QED) is 0.311. The largest absolute Gasteiger partial charge is 0.361 e. The van der Waals surface area contributed by atoms with Crippen molar-refractivity contribution in [3.63, 3.8) is 0 Å². The third kappa shape index (κ3) is 5.05. The number of benzene rings is 2. The van der Waals surface area contributed by atoms with Gasteiger partial charge in [-0.2, -0.15) is 0 Å². The van der Waals surface area contributed by atoms with E-state index in [4.69, 9.17) is 0 Å². The number of H-pyrrole nitrogens is 1. The molecule has 6 nitrogen and oxygen atoms in total. The van der Waals surface area contributed by atoms with Crippen molar-refractivity contribution in [3.8, 4) is 0 Å². The van der Waals surface area contributed by atoms with Crippen LogP contribution in [0.15, 0.2) is 53.7 Å². The zero-order valence-corrected chi connectivity index (χ0v) is 17.7. The number of nitrogens with one attached hydrogen (secondary N) is 3. The van der Waals surface area contributed by atoms with Gasteiger partial charge >= 0.3 is 0 Å². The Morgan fingerprint density at radius 3 is 2.61 bits per heavy atom. The Morgan fingerprint density at radius 2 is 1.87 bits per heavy atom. The minimum Gasteiger partial charge on any atom is -0.361 e. The van der Waals surface area contributed by atoms with Gasteiger partial charge in [-0.15, -0.1) is 0 Å². The maximum atomic E-state index is 13.3. The van der Waals surface area contributed by atoms with Crippen LogP contribution in [0.2, 0.25) is 0 Å². The number of halogens is 1. The van der Waals surface area contributed by atoms with E-state index in [1.54, 1.807) is 13.1 Å². The van der Waals surface area contributed by atoms with Crippen molar-refractivity contribution in [1.82, 2.24) is 20.5 Å². The summed E-state index contributed by atoms with van der Waals surface area (Å²) in [7, 11) is 1.73. The third-order valence-corrected chi connectivity index (χ3v) is 5.69. The van der Waals surface area contributed by atoms with E-state index in [0.717, 1.165) is 29.3 Å². The van der Waals surface area contributed by atoms with Crippen LogP contribution in [0.4, 0.5) is 4.39 Å². The van der Waals surface area contributed by atoms with Crippen molar-refractivity contribution >= 4 is 22.8 Å². The van der Waals surface area contributed by atoms with E-state index < -0.39 is 0 Å². The minimum absolute atomic E-state index is 0.191. The van der Waals surface area contributed by atoms with Crippen LogP contribution in [0.3, 0.4) is 0 Å². The molecule has 3 N–H and O–H groups in total. The number of aromatic nitrogens is 1. The summed E-state index contributed by atoms with van der Waals surface area (Å²) in [5.74, 6) is 0.667. The smallest absolute Gasteiger partial charge is 0.223 e. The molecule has 0 unspecified atom stereocenters. The lowest BCUT2D eigenvalue weighted by atomic mass is 10.1. The summed E-state index contributed by atoms with van der Waals surface area (Å²) in [6.45, 7) is 2.81. The van der Waals surface area contributed by atoms with Gasteiger partial charge in [0.15, 0.2) is 5.96 Å². The van der Waals surface area contributed by atoms with Crippen LogP contribution in [-0.4, -0.2) is 41.9 Å². The first-order valence-electron chi connectivity index (χ1n) is 10.7. The molecule has 3 aromatic rings. The Morgan fingerprint density at radius 1 is 1.13 bits per heavy atom. The molecule has 1 amide bonds. The molecule has 1 aliphatic heterocycles. The normalized spacial score (nSPS) is 13.5. The van der Waals surface area contributed by atoms with E-state index in [1.807, 2.05) is 23.2 Å². The number of aliphatic imine (C=N–C) groups is 1. The summed E-state index contributed by atoms with van der Waals surface area (Å²) in [5, 5.41) is 7.60. The lowest BCUT2D eigenvalue weighted by Gasteiger charge is -2.16. The van der Waals surface area contributed by atoms with Crippen molar-refractivity contribution in [1.29, 1.82) is 0 Å². The number of aromatic amines is 1. The highest BCUT2D eigenvalue weighted by atomic mass is 19.1. The van der Waals surface area contributed by atoms with Gasteiger partial charge in [-0.3, -0.25) is 9.79 Å². The second kappa shape index (κ2) is 9.64. The molecule has 0 atom stereocenters. The molecule has 4 rings (SSSR count). The number of rotatable bonds is 7. The van der Waals surface area contributed by atoms with Crippen LogP contribution in [0, 0.1) is 5.82 Å². The SMILES string of the molecule is CN=C(NCCCC(=O)N1Cc2ccccc2C1)NCCc1c[nH]c2cc(F)ccc12. The standard InChI is InChI=1S/C24H28FN5O/c1-26-24(28-12-10-17-14-29-22-13-20(25)8-9-21(17)22)27-11-4-7-23(31)30-15-18-5-2-3-6-19(18)16-30/h2-3,5-6,8-9,13-14,29H,4,7,10-12,15-16H2,1H3,(H2,26,27,28). The molecule has 162 valence electrons. The van der Waals surface area contributed by atoms with Crippen LogP contribution < -0.4 is 10.6 Å². The summed E-state index contributed by atoms with van der Waals surface area (Å²) in [6.07, 6.45) is 3.98. The zero-order chi connectivity index (χ0) is 21.6. The number of carbonyl (C=O) groups excluding carboxylic acids is 1. The molecule has 1 aromatic heterocycles. The summed E-state index contributed by atoms with van der Waals surface area (Å²) in [6, 6.07) is 13.0. The molecule has 0 saturated carbocycles. The fraction of sp³-hybridized carbons (Fsp3) is 0.333. The molecule has 0 radical (unpaired) electrons. The van der Waals surface area contributed by atoms with Gasteiger partial charge in [-0.1, -0.05) is 24.3 Å². The summed E-state index contributed by atoms with van der Waals surface area (Å²) in [4.78, 5) is 21.8. The topological polar surface area (TPSA) is 72.5 Å². The number of nitrogens with zero attached hydrogens (tertiary/aromatic N) is 2. The Balaban J connectivity index is 1.16. The molecule has 0 bridgehead atoms. The van der Waals surface area contributed by atoms with Crippen LogP contribution >= 0.6 is 0 Å². The lowest BCUT2D eigenvalue weighted by Crippen LogP contribution is -2.39. The van der Waals surface area contributed by atoms with Crippen LogP contribution in [0.25, 0.3) is 10.9 Å². The molecule has 0 aliphatic carbocycles. The second-order valence-corrected chi connectivity index (χ2v) is 7.80. The van der Waals surface area contributed by atoms with Crippen molar-refractivity contribution in [2.45, 2.75) is 32.4 Å². The molecule has 2 aromatic carbocycles. The predicted octanol–water partition coefficient (Wildman–Crippen LogP) is 3.34.